The van der Waals surface area contributed by atoms with Crippen LogP contribution >= 0.6 is 11.6 Å². The standard InChI is InChI=1S/C8H7ClN2O3S/c1-2-3-11-15(13,14)6-4-7(9)8(12)10-5-6/h1,4-5,11H,3H2,(H,10,12). The van der Waals surface area contributed by atoms with Gasteiger partial charge in [-0.3, -0.25) is 4.79 Å². The van der Waals surface area contributed by atoms with Crippen LogP contribution in [-0.2, 0) is 10.0 Å². The Kier molecular flexibility index (Phi) is 3.52. The number of H-pyrrole nitrogens is 1. The average Bonchev–Trinajstić information content (AvgIpc) is 2.19. The number of hydrogen-bond donors (Lipinski definition) is 2. The summed E-state index contributed by atoms with van der Waals surface area (Å²) >= 11 is 5.48. The highest BCUT2D eigenvalue weighted by Gasteiger charge is 2.14. The van der Waals surface area contributed by atoms with Gasteiger partial charge in [-0.25, -0.2) is 8.42 Å². The number of aromatic nitrogens is 1. The fourth-order valence-electron chi connectivity index (χ4n) is 0.813. The lowest BCUT2D eigenvalue weighted by Crippen LogP contribution is -2.24. The number of rotatable bonds is 3. The predicted molar refractivity (Wildman–Crippen MR) is 56.1 cm³/mol. The minimum absolute atomic E-state index is 0.126. The van der Waals surface area contributed by atoms with Gasteiger partial charge in [0, 0.05) is 6.20 Å². The molecule has 0 radical (unpaired) electrons. The first kappa shape index (κ1) is 11.8. The zero-order chi connectivity index (χ0) is 11.5. The third-order valence-electron chi connectivity index (χ3n) is 1.51. The van der Waals surface area contributed by atoms with Crippen molar-refractivity contribution in [3.05, 3.63) is 27.6 Å². The van der Waals surface area contributed by atoms with E-state index in [2.05, 4.69) is 15.6 Å². The van der Waals surface area contributed by atoms with Crippen LogP contribution in [0, 0.1) is 12.3 Å². The minimum atomic E-state index is -3.71. The van der Waals surface area contributed by atoms with E-state index >= 15 is 0 Å². The zero-order valence-electron chi connectivity index (χ0n) is 7.45. The molecule has 0 unspecified atom stereocenters. The van der Waals surface area contributed by atoms with Crippen LogP contribution in [0.25, 0.3) is 0 Å². The van der Waals surface area contributed by atoms with Crippen molar-refractivity contribution in [2.45, 2.75) is 4.90 Å². The molecule has 0 aliphatic rings. The third kappa shape index (κ3) is 2.83. The first-order valence-corrected chi connectivity index (χ1v) is 5.65. The van der Waals surface area contributed by atoms with Crippen molar-refractivity contribution in [2.75, 3.05) is 6.54 Å². The topological polar surface area (TPSA) is 79.0 Å². The minimum Gasteiger partial charge on any atom is -0.326 e. The molecular formula is C8H7ClN2O3S. The molecule has 0 aliphatic heterocycles. The molecule has 0 aromatic carbocycles. The van der Waals surface area contributed by atoms with Crippen molar-refractivity contribution in [1.82, 2.24) is 9.71 Å². The first-order chi connectivity index (χ1) is 6.97. The largest absolute Gasteiger partial charge is 0.326 e. The van der Waals surface area contributed by atoms with E-state index in [1.165, 1.54) is 0 Å². The van der Waals surface area contributed by atoms with Gasteiger partial charge in [-0.2, -0.15) is 4.72 Å². The van der Waals surface area contributed by atoms with Gasteiger partial charge in [-0.1, -0.05) is 17.5 Å². The molecule has 2 N–H and O–H groups in total. The van der Waals surface area contributed by atoms with Crippen LogP contribution in [0.2, 0.25) is 5.02 Å². The molecule has 1 heterocycles. The van der Waals surface area contributed by atoms with Crippen molar-refractivity contribution in [2.24, 2.45) is 0 Å². The van der Waals surface area contributed by atoms with Gasteiger partial charge < -0.3 is 4.98 Å². The molecule has 1 rings (SSSR count). The van der Waals surface area contributed by atoms with Crippen LogP contribution in [0.5, 0.6) is 0 Å². The summed E-state index contributed by atoms with van der Waals surface area (Å²) in [7, 11) is -3.71. The smallest absolute Gasteiger partial charge is 0.266 e. The molecule has 0 fully saturated rings. The van der Waals surface area contributed by atoms with E-state index in [0.29, 0.717) is 0 Å². The normalized spacial score (nSPS) is 10.9. The summed E-state index contributed by atoms with van der Waals surface area (Å²) in [4.78, 5) is 12.9. The molecule has 15 heavy (non-hydrogen) atoms. The van der Waals surface area contributed by atoms with E-state index < -0.39 is 15.6 Å². The Labute approximate surface area is 91.5 Å². The summed E-state index contributed by atoms with van der Waals surface area (Å²) in [5.74, 6) is 2.12. The van der Waals surface area contributed by atoms with E-state index in [1.807, 2.05) is 0 Å². The predicted octanol–water partition coefficient (Wildman–Crippen LogP) is -0.0602. The zero-order valence-corrected chi connectivity index (χ0v) is 9.02. The average molecular weight is 247 g/mol. The highest BCUT2D eigenvalue weighted by molar-refractivity contribution is 7.89. The third-order valence-corrected chi connectivity index (χ3v) is 3.17. The quantitative estimate of drug-likeness (QED) is 0.734. The lowest BCUT2D eigenvalue weighted by Gasteiger charge is -2.03. The molecule has 1 aromatic heterocycles. The number of pyridine rings is 1. The lowest BCUT2D eigenvalue weighted by molar-refractivity contribution is 0.585. The second-order valence-corrected chi connectivity index (χ2v) is 4.72. The Morgan fingerprint density at radius 2 is 2.27 bits per heavy atom. The molecule has 0 atom stereocenters. The Morgan fingerprint density at radius 1 is 1.60 bits per heavy atom. The van der Waals surface area contributed by atoms with Crippen molar-refractivity contribution < 1.29 is 8.42 Å². The van der Waals surface area contributed by atoms with E-state index in [9.17, 15) is 13.2 Å². The van der Waals surface area contributed by atoms with Gasteiger partial charge in [-0.15, -0.1) is 6.42 Å². The van der Waals surface area contributed by atoms with E-state index in [4.69, 9.17) is 18.0 Å². The van der Waals surface area contributed by atoms with Gasteiger partial charge in [0.25, 0.3) is 5.56 Å². The van der Waals surface area contributed by atoms with Crippen LogP contribution < -0.4 is 10.3 Å². The number of nitrogens with one attached hydrogen (secondary N) is 2. The van der Waals surface area contributed by atoms with Gasteiger partial charge in [0.1, 0.15) is 5.02 Å². The van der Waals surface area contributed by atoms with E-state index in [0.717, 1.165) is 12.3 Å². The molecule has 1 aromatic rings. The maximum absolute atomic E-state index is 11.5. The second-order valence-electron chi connectivity index (χ2n) is 2.54. The van der Waals surface area contributed by atoms with Crippen LogP contribution in [0.1, 0.15) is 0 Å². The van der Waals surface area contributed by atoms with Gasteiger partial charge in [0.2, 0.25) is 10.0 Å². The second kappa shape index (κ2) is 4.49. The van der Waals surface area contributed by atoms with Gasteiger partial charge in [0.15, 0.2) is 0 Å². The van der Waals surface area contributed by atoms with Crippen molar-refractivity contribution in [3.63, 3.8) is 0 Å². The van der Waals surface area contributed by atoms with Gasteiger partial charge >= 0.3 is 0 Å². The summed E-state index contributed by atoms with van der Waals surface area (Å²) in [5, 5.41) is -0.196. The maximum atomic E-state index is 11.5. The van der Waals surface area contributed by atoms with E-state index in [-0.39, 0.29) is 16.5 Å². The fraction of sp³-hybridized carbons (Fsp3) is 0.125. The summed E-state index contributed by atoms with van der Waals surface area (Å²) in [5.41, 5.74) is -0.549. The molecule has 0 saturated heterocycles. The summed E-state index contributed by atoms with van der Waals surface area (Å²) in [6.07, 6.45) is 5.96. The number of aromatic amines is 1. The molecular weight excluding hydrogens is 240 g/mol. The lowest BCUT2D eigenvalue weighted by atomic mass is 10.5. The van der Waals surface area contributed by atoms with Crippen LogP contribution in [0.15, 0.2) is 22.0 Å². The number of halogens is 1. The fourth-order valence-corrected chi connectivity index (χ4v) is 1.98. The molecule has 80 valence electrons. The number of sulfonamides is 1. The molecule has 0 amide bonds. The van der Waals surface area contributed by atoms with Crippen molar-refractivity contribution >= 4 is 21.6 Å². The highest BCUT2D eigenvalue weighted by Crippen LogP contribution is 2.09. The Bertz CT molecular complexity index is 556. The Hall–Kier alpha value is -1.29. The SMILES string of the molecule is C#CCNS(=O)(=O)c1c[nH]c(=O)c(Cl)c1. The first-order valence-electron chi connectivity index (χ1n) is 3.79. The van der Waals surface area contributed by atoms with Gasteiger partial charge in [0.05, 0.1) is 11.4 Å². The van der Waals surface area contributed by atoms with Crippen molar-refractivity contribution in [1.29, 1.82) is 0 Å². The van der Waals surface area contributed by atoms with Crippen LogP contribution in [0.4, 0.5) is 0 Å². The molecule has 0 aliphatic carbocycles. The molecule has 0 spiro atoms. The monoisotopic (exact) mass is 246 g/mol. The maximum Gasteiger partial charge on any atom is 0.266 e. The highest BCUT2D eigenvalue weighted by atomic mass is 35.5. The number of hydrogen-bond acceptors (Lipinski definition) is 3. The van der Waals surface area contributed by atoms with Crippen molar-refractivity contribution in [3.8, 4) is 12.3 Å². The number of terminal acetylenes is 1. The summed E-state index contributed by atoms with van der Waals surface area (Å²) < 4.78 is 25.1. The molecule has 0 bridgehead atoms. The Balaban J connectivity index is 3.12. The Morgan fingerprint density at radius 3 is 2.80 bits per heavy atom. The summed E-state index contributed by atoms with van der Waals surface area (Å²) in [6.45, 7) is -0.126. The molecule has 7 heteroatoms. The van der Waals surface area contributed by atoms with Gasteiger partial charge in [-0.05, 0) is 6.07 Å². The molecule has 5 nitrogen and oxygen atoms in total. The van der Waals surface area contributed by atoms with E-state index in [1.54, 1.807) is 0 Å². The molecule has 0 saturated carbocycles. The van der Waals surface area contributed by atoms with Crippen LogP contribution in [0.3, 0.4) is 0 Å². The van der Waals surface area contributed by atoms with Crippen LogP contribution in [-0.4, -0.2) is 19.9 Å². The summed E-state index contributed by atoms with van der Waals surface area (Å²) in [6, 6.07) is 1.05.